The second kappa shape index (κ2) is 7.10. The fourth-order valence-corrected chi connectivity index (χ4v) is 2.56. The van der Waals surface area contributed by atoms with Gasteiger partial charge in [-0.3, -0.25) is 4.98 Å². The molecule has 8 heteroatoms. The Labute approximate surface area is 136 Å². The van der Waals surface area contributed by atoms with Gasteiger partial charge >= 0.3 is 5.97 Å². The lowest BCUT2D eigenvalue weighted by atomic mass is 10.3. The van der Waals surface area contributed by atoms with Crippen molar-refractivity contribution in [2.75, 3.05) is 6.61 Å². The lowest BCUT2D eigenvalue weighted by molar-refractivity contribution is 0.0524. The molecule has 0 aliphatic carbocycles. The molecule has 0 aromatic carbocycles. The first kappa shape index (κ1) is 15.3. The van der Waals surface area contributed by atoms with Gasteiger partial charge in [0.25, 0.3) is 5.22 Å². The van der Waals surface area contributed by atoms with Crippen LogP contribution in [0.15, 0.2) is 50.9 Å². The van der Waals surface area contributed by atoms with Gasteiger partial charge in [-0.15, -0.1) is 10.2 Å². The Kier molecular flexibility index (Phi) is 4.72. The third-order valence-corrected chi connectivity index (χ3v) is 3.72. The van der Waals surface area contributed by atoms with Crippen molar-refractivity contribution in [1.82, 2.24) is 15.2 Å². The molecule has 0 saturated heterocycles. The van der Waals surface area contributed by atoms with E-state index in [2.05, 4.69) is 15.2 Å². The van der Waals surface area contributed by atoms with Crippen molar-refractivity contribution in [2.24, 2.45) is 0 Å². The lowest BCUT2D eigenvalue weighted by Gasteiger charge is -2.01. The Balaban J connectivity index is 1.67. The predicted octanol–water partition coefficient (Wildman–Crippen LogP) is 3.19. The van der Waals surface area contributed by atoms with E-state index < -0.39 is 5.97 Å². The van der Waals surface area contributed by atoms with Crippen LogP contribution in [0.4, 0.5) is 0 Å². The van der Waals surface area contributed by atoms with Crippen LogP contribution in [0.1, 0.15) is 23.0 Å². The summed E-state index contributed by atoms with van der Waals surface area (Å²) in [4.78, 5) is 15.7. The summed E-state index contributed by atoms with van der Waals surface area (Å²) in [5.74, 6) is 0.913. The molecule has 3 aromatic rings. The summed E-state index contributed by atoms with van der Waals surface area (Å²) in [7, 11) is 0. The van der Waals surface area contributed by atoms with Gasteiger partial charge in [-0.2, -0.15) is 0 Å². The maximum absolute atomic E-state index is 11.8. The minimum atomic E-state index is -0.403. The van der Waals surface area contributed by atoms with Crippen LogP contribution in [-0.2, 0) is 10.5 Å². The first-order valence-corrected chi connectivity index (χ1v) is 7.86. The highest BCUT2D eigenvalue weighted by Gasteiger charge is 2.17. The van der Waals surface area contributed by atoms with Crippen LogP contribution in [0.2, 0.25) is 0 Å². The molecule has 0 atom stereocenters. The van der Waals surface area contributed by atoms with Crippen LogP contribution in [0.5, 0.6) is 0 Å². The maximum Gasteiger partial charge on any atom is 0.341 e. The Morgan fingerprint density at radius 2 is 2.09 bits per heavy atom. The molecule has 23 heavy (non-hydrogen) atoms. The Morgan fingerprint density at radius 1 is 1.26 bits per heavy atom. The van der Waals surface area contributed by atoms with Gasteiger partial charge in [-0.25, -0.2) is 4.79 Å². The normalized spacial score (nSPS) is 10.7. The fourth-order valence-electron chi connectivity index (χ4n) is 1.85. The van der Waals surface area contributed by atoms with Crippen LogP contribution >= 0.6 is 11.8 Å². The Hall–Kier alpha value is -2.61. The molecule has 0 unspecified atom stereocenters. The lowest BCUT2D eigenvalue weighted by Crippen LogP contribution is -2.05. The Bertz CT molecular complexity index is 785. The number of carbonyl (C=O) groups excluding carboxylic acids is 1. The second-order valence-corrected chi connectivity index (χ2v) is 5.30. The first-order chi connectivity index (χ1) is 11.3. The highest BCUT2D eigenvalue weighted by atomic mass is 32.2. The molecule has 7 nitrogen and oxygen atoms in total. The third-order valence-electron chi connectivity index (χ3n) is 2.90. The smallest absolute Gasteiger partial charge is 0.341 e. The average Bonchev–Trinajstić information content (AvgIpc) is 3.23. The summed E-state index contributed by atoms with van der Waals surface area (Å²) >= 11 is 1.29. The molecular weight excluding hydrogens is 318 g/mol. The summed E-state index contributed by atoms with van der Waals surface area (Å²) in [5, 5.41) is 8.35. The van der Waals surface area contributed by atoms with E-state index >= 15 is 0 Å². The molecule has 118 valence electrons. The van der Waals surface area contributed by atoms with Crippen molar-refractivity contribution < 1.29 is 18.4 Å². The molecule has 0 bridgehead atoms. The molecule has 0 saturated carbocycles. The molecule has 0 radical (unpaired) electrons. The van der Waals surface area contributed by atoms with Crippen molar-refractivity contribution in [3.63, 3.8) is 0 Å². The van der Waals surface area contributed by atoms with Crippen LogP contribution in [0, 0.1) is 0 Å². The monoisotopic (exact) mass is 331 g/mol. The summed E-state index contributed by atoms with van der Waals surface area (Å²) in [6.45, 7) is 2.07. The highest BCUT2D eigenvalue weighted by molar-refractivity contribution is 7.98. The minimum Gasteiger partial charge on any atom is -0.468 e. The topological polar surface area (TPSA) is 91.2 Å². The largest absolute Gasteiger partial charge is 0.468 e. The van der Waals surface area contributed by atoms with Crippen molar-refractivity contribution in [3.8, 4) is 11.5 Å². The van der Waals surface area contributed by atoms with Crippen LogP contribution in [0.25, 0.3) is 11.5 Å². The molecule has 0 spiro atoms. The summed E-state index contributed by atoms with van der Waals surface area (Å²) in [5.41, 5.74) is 1.21. The van der Waals surface area contributed by atoms with E-state index in [1.165, 1.54) is 18.0 Å². The van der Waals surface area contributed by atoms with Crippen molar-refractivity contribution in [3.05, 3.63) is 48.2 Å². The van der Waals surface area contributed by atoms with Gasteiger partial charge in [0.2, 0.25) is 5.89 Å². The van der Waals surface area contributed by atoms with Crippen LogP contribution in [-0.4, -0.2) is 27.8 Å². The SMILES string of the molecule is CCOC(=O)c1ccoc1CSc1nnc(-c2ccncc2)o1. The number of rotatable bonds is 6. The van der Waals surface area contributed by atoms with Gasteiger partial charge in [0.15, 0.2) is 0 Å². The molecule has 0 aliphatic rings. The Morgan fingerprint density at radius 3 is 2.87 bits per heavy atom. The maximum atomic E-state index is 11.8. The molecule has 3 rings (SSSR count). The zero-order valence-electron chi connectivity index (χ0n) is 12.3. The number of aromatic nitrogens is 3. The number of thioether (sulfide) groups is 1. The zero-order chi connectivity index (χ0) is 16.1. The van der Waals surface area contributed by atoms with Gasteiger partial charge < -0.3 is 13.6 Å². The van der Waals surface area contributed by atoms with E-state index in [0.717, 1.165) is 5.56 Å². The van der Waals surface area contributed by atoms with Gasteiger partial charge in [-0.05, 0) is 25.1 Å². The molecule has 0 N–H and O–H groups in total. The summed E-state index contributed by atoms with van der Waals surface area (Å²) < 4.78 is 15.9. The van der Waals surface area contributed by atoms with Gasteiger partial charge in [0, 0.05) is 18.0 Å². The number of esters is 1. The minimum absolute atomic E-state index is 0.315. The van der Waals surface area contributed by atoms with Crippen LogP contribution < -0.4 is 0 Å². The number of hydrogen-bond acceptors (Lipinski definition) is 8. The summed E-state index contributed by atoms with van der Waals surface area (Å²) in [6, 6.07) is 5.16. The number of furan rings is 1. The number of nitrogens with zero attached hydrogens (tertiary/aromatic N) is 3. The quantitative estimate of drug-likeness (QED) is 0.502. The van der Waals surface area contributed by atoms with Gasteiger partial charge in [0.05, 0.1) is 18.6 Å². The molecular formula is C15H13N3O4S. The molecule has 3 aromatic heterocycles. The van der Waals surface area contributed by atoms with Gasteiger partial charge in [0.1, 0.15) is 11.3 Å². The van der Waals surface area contributed by atoms with E-state index in [-0.39, 0.29) is 0 Å². The zero-order valence-corrected chi connectivity index (χ0v) is 13.1. The number of carbonyl (C=O) groups is 1. The summed E-state index contributed by atoms with van der Waals surface area (Å²) in [6.07, 6.45) is 4.76. The second-order valence-electron chi connectivity index (χ2n) is 4.38. The highest BCUT2D eigenvalue weighted by Crippen LogP contribution is 2.27. The van der Waals surface area contributed by atoms with E-state index in [9.17, 15) is 4.79 Å². The fraction of sp³-hybridized carbons (Fsp3) is 0.200. The predicted molar refractivity (Wildman–Crippen MR) is 81.8 cm³/mol. The standard InChI is InChI=1S/C15H13N3O4S/c1-2-20-14(19)11-5-8-21-12(11)9-23-15-18-17-13(22-15)10-3-6-16-7-4-10/h3-8H,2,9H2,1H3. The van der Waals surface area contributed by atoms with Crippen LogP contribution in [0.3, 0.4) is 0 Å². The van der Waals surface area contributed by atoms with Gasteiger partial charge in [-0.1, -0.05) is 11.8 Å². The van der Waals surface area contributed by atoms with E-state index in [1.54, 1.807) is 37.5 Å². The van der Waals surface area contributed by atoms with Crippen molar-refractivity contribution in [2.45, 2.75) is 17.9 Å². The van der Waals surface area contributed by atoms with Crippen molar-refractivity contribution in [1.29, 1.82) is 0 Å². The average molecular weight is 331 g/mol. The van der Waals surface area contributed by atoms with E-state index in [0.29, 0.717) is 34.8 Å². The molecule has 0 fully saturated rings. The molecule has 0 amide bonds. The number of ether oxygens (including phenoxy) is 1. The molecule has 0 aliphatic heterocycles. The van der Waals surface area contributed by atoms with E-state index in [1.807, 2.05) is 0 Å². The number of pyridine rings is 1. The van der Waals surface area contributed by atoms with Crippen molar-refractivity contribution >= 4 is 17.7 Å². The third kappa shape index (κ3) is 3.59. The van der Waals surface area contributed by atoms with E-state index in [4.69, 9.17) is 13.6 Å². The first-order valence-electron chi connectivity index (χ1n) is 6.88. The number of hydrogen-bond donors (Lipinski definition) is 0. The molecule has 3 heterocycles.